The lowest BCUT2D eigenvalue weighted by Gasteiger charge is -2.15. The molecule has 82 valence electrons. The molecule has 1 heterocycles. The highest BCUT2D eigenvalue weighted by molar-refractivity contribution is 5.91. The first-order chi connectivity index (χ1) is 6.99. The van der Waals surface area contributed by atoms with Crippen molar-refractivity contribution in [2.24, 2.45) is 23.5 Å². The first-order valence-corrected chi connectivity index (χ1v) is 4.36. The number of guanidine groups is 2. The molecule has 15 heavy (non-hydrogen) atoms. The Morgan fingerprint density at radius 1 is 1.67 bits per heavy atom. The number of hydrogen-bond donors (Lipinski definition) is 3. The second-order valence-electron chi connectivity index (χ2n) is 3.24. The van der Waals surface area contributed by atoms with Crippen LogP contribution in [0.1, 0.15) is 5.56 Å². The molecule has 0 fully saturated rings. The number of nitrogens with two attached hydrogens (primary N) is 2. The maximum atomic E-state index is 7.53. The molecule has 1 rings (SSSR count). The van der Waals surface area contributed by atoms with E-state index in [0.717, 1.165) is 5.56 Å². The van der Waals surface area contributed by atoms with Crippen LogP contribution in [0.2, 0.25) is 0 Å². The van der Waals surface area contributed by atoms with E-state index < -0.39 is 0 Å². The molecule has 5 N–H and O–H groups in total. The van der Waals surface area contributed by atoms with Crippen LogP contribution in [0.4, 0.5) is 0 Å². The predicted molar refractivity (Wildman–Crippen MR) is 58.2 cm³/mol. The molecule has 7 heteroatoms. The highest BCUT2D eigenvalue weighted by atomic mass is 15.3. The molecule has 1 aromatic rings. The molecule has 0 aromatic carbocycles. The molecule has 0 spiro atoms. The van der Waals surface area contributed by atoms with Crippen LogP contribution in [0, 0.1) is 5.41 Å². The summed E-state index contributed by atoms with van der Waals surface area (Å²) in [4.78, 5) is 5.26. The van der Waals surface area contributed by atoms with E-state index in [1.165, 1.54) is 0 Å². The van der Waals surface area contributed by atoms with Gasteiger partial charge in [0.15, 0.2) is 5.96 Å². The van der Waals surface area contributed by atoms with Crippen molar-refractivity contribution in [1.29, 1.82) is 5.41 Å². The second-order valence-corrected chi connectivity index (χ2v) is 3.24. The van der Waals surface area contributed by atoms with Gasteiger partial charge in [-0.1, -0.05) is 0 Å². The van der Waals surface area contributed by atoms with Crippen LogP contribution in [-0.4, -0.2) is 33.6 Å². The van der Waals surface area contributed by atoms with E-state index in [4.69, 9.17) is 16.9 Å². The van der Waals surface area contributed by atoms with E-state index in [2.05, 4.69) is 10.1 Å². The monoisotopic (exact) mass is 209 g/mol. The highest BCUT2D eigenvalue weighted by Crippen LogP contribution is 2.01. The Labute approximate surface area is 87.9 Å². The molecule has 0 aliphatic rings. The molecule has 0 unspecified atom stereocenters. The van der Waals surface area contributed by atoms with Crippen LogP contribution in [0.3, 0.4) is 0 Å². The smallest absolute Gasteiger partial charge is 0.221 e. The lowest BCUT2D eigenvalue weighted by Crippen LogP contribution is -2.30. The van der Waals surface area contributed by atoms with Gasteiger partial charge in [0.1, 0.15) is 0 Å². The first kappa shape index (κ1) is 11.0. The van der Waals surface area contributed by atoms with Crippen LogP contribution >= 0.6 is 0 Å². The molecule has 7 nitrogen and oxygen atoms in total. The Morgan fingerprint density at radius 2 is 2.33 bits per heavy atom. The van der Waals surface area contributed by atoms with Crippen molar-refractivity contribution in [2.45, 2.75) is 6.54 Å². The van der Waals surface area contributed by atoms with Crippen molar-refractivity contribution >= 4 is 11.9 Å². The Hall–Kier alpha value is -2.05. The molecule has 0 amide bonds. The van der Waals surface area contributed by atoms with Crippen molar-refractivity contribution in [3.8, 4) is 0 Å². The summed E-state index contributed by atoms with van der Waals surface area (Å²) in [5.74, 6) is -0.0862. The van der Waals surface area contributed by atoms with Gasteiger partial charge in [-0.25, -0.2) is 0 Å². The fourth-order valence-corrected chi connectivity index (χ4v) is 1.11. The number of hydrogen-bond acceptors (Lipinski definition) is 2. The Bertz CT molecular complexity index is 374. The van der Waals surface area contributed by atoms with Gasteiger partial charge in [-0.3, -0.25) is 10.1 Å². The quantitative estimate of drug-likeness (QED) is 0.431. The maximum absolute atomic E-state index is 7.53. The van der Waals surface area contributed by atoms with Crippen molar-refractivity contribution in [3.63, 3.8) is 0 Å². The van der Waals surface area contributed by atoms with Gasteiger partial charge in [-0.05, 0) is 0 Å². The van der Waals surface area contributed by atoms with E-state index >= 15 is 0 Å². The topological polar surface area (TPSA) is 109 Å². The number of rotatable bonds is 2. The molecule has 0 saturated heterocycles. The van der Waals surface area contributed by atoms with E-state index in [0.29, 0.717) is 6.54 Å². The molecule has 0 saturated carbocycles. The van der Waals surface area contributed by atoms with Crippen molar-refractivity contribution in [3.05, 3.63) is 18.0 Å². The Kier molecular flexibility index (Phi) is 3.27. The zero-order chi connectivity index (χ0) is 11.4. The number of nitrogens with one attached hydrogen (secondary N) is 1. The van der Waals surface area contributed by atoms with Crippen LogP contribution in [0.5, 0.6) is 0 Å². The average molecular weight is 209 g/mol. The van der Waals surface area contributed by atoms with Gasteiger partial charge in [0.25, 0.3) is 0 Å². The maximum Gasteiger partial charge on any atom is 0.221 e. The molecular weight excluding hydrogens is 194 g/mol. The molecule has 1 aromatic heterocycles. The van der Waals surface area contributed by atoms with Crippen LogP contribution in [0.15, 0.2) is 17.4 Å². The van der Waals surface area contributed by atoms with E-state index in [1.807, 2.05) is 13.2 Å². The summed E-state index contributed by atoms with van der Waals surface area (Å²) in [5.41, 5.74) is 11.3. The van der Waals surface area contributed by atoms with Crippen molar-refractivity contribution in [2.75, 3.05) is 7.05 Å². The lowest BCUT2D eigenvalue weighted by atomic mass is 10.3. The van der Waals surface area contributed by atoms with Gasteiger partial charge in [-0.15, -0.1) is 0 Å². The minimum atomic E-state index is -0.113. The van der Waals surface area contributed by atoms with Gasteiger partial charge in [0.05, 0.1) is 6.20 Å². The molecule has 0 aliphatic heterocycles. The second kappa shape index (κ2) is 4.45. The molecular formula is C8H15N7. The summed E-state index contributed by atoms with van der Waals surface area (Å²) in [5, 5.41) is 11.6. The van der Waals surface area contributed by atoms with Gasteiger partial charge >= 0.3 is 0 Å². The molecule has 0 aliphatic carbocycles. The normalized spacial score (nSPS) is 9.73. The third-order valence-corrected chi connectivity index (χ3v) is 1.77. The van der Waals surface area contributed by atoms with Crippen LogP contribution < -0.4 is 11.5 Å². The Balaban J connectivity index is 2.59. The van der Waals surface area contributed by atoms with Gasteiger partial charge in [0, 0.05) is 32.4 Å². The fourth-order valence-electron chi connectivity index (χ4n) is 1.11. The predicted octanol–water partition coefficient (Wildman–Crippen LogP) is -0.940. The largest absolute Gasteiger partial charge is 0.370 e. The summed E-state index contributed by atoms with van der Waals surface area (Å²) in [6.07, 6.45) is 3.61. The van der Waals surface area contributed by atoms with E-state index in [-0.39, 0.29) is 11.9 Å². The highest BCUT2D eigenvalue weighted by Gasteiger charge is 2.05. The fraction of sp³-hybridized carbons (Fsp3) is 0.375. The molecule has 0 atom stereocenters. The average Bonchev–Trinajstić information content (AvgIpc) is 2.50. The number of aromatic nitrogens is 2. The number of aryl methyl sites for hydroxylation is 1. The Morgan fingerprint density at radius 3 is 2.80 bits per heavy atom. The van der Waals surface area contributed by atoms with Gasteiger partial charge < -0.3 is 16.4 Å². The SMILES string of the molecule is CN(Cc1cnn(C)c1)C(=N)N=C(N)N. The lowest BCUT2D eigenvalue weighted by molar-refractivity contribution is 0.491. The molecule has 0 radical (unpaired) electrons. The first-order valence-electron chi connectivity index (χ1n) is 4.36. The molecule has 0 bridgehead atoms. The summed E-state index contributed by atoms with van der Waals surface area (Å²) >= 11 is 0. The number of nitrogens with zero attached hydrogens (tertiary/aromatic N) is 4. The third kappa shape index (κ3) is 3.29. The van der Waals surface area contributed by atoms with Gasteiger partial charge in [0.2, 0.25) is 5.96 Å². The standard InChI is InChI=1S/C8H15N7/c1-14(8(11)13-7(9)10)4-6-3-12-15(2)5-6/h3,5H,4H2,1-2H3,(H5,9,10,11,13). The summed E-state index contributed by atoms with van der Waals surface area (Å²) < 4.78 is 1.70. The van der Waals surface area contributed by atoms with E-state index in [1.54, 1.807) is 22.8 Å². The van der Waals surface area contributed by atoms with Gasteiger partial charge in [-0.2, -0.15) is 10.1 Å². The number of aliphatic imine (C=N–C) groups is 1. The van der Waals surface area contributed by atoms with Crippen LogP contribution in [-0.2, 0) is 13.6 Å². The zero-order valence-corrected chi connectivity index (χ0v) is 8.81. The van der Waals surface area contributed by atoms with E-state index in [9.17, 15) is 0 Å². The van der Waals surface area contributed by atoms with Crippen molar-refractivity contribution in [1.82, 2.24) is 14.7 Å². The minimum Gasteiger partial charge on any atom is -0.370 e. The minimum absolute atomic E-state index is 0.0267. The third-order valence-electron chi connectivity index (χ3n) is 1.77. The summed E-state index contributed by atoms with van der Waals surface area (Å²) in [6, 6.07) is 0. The van der Waals surface area contributed by atoms with Crippen LogP contribution in [0.25, 0.3) is 0 Å². The summed E-state index contributed by atoms with van der Waals surface area (Å²) in [7, 11) is 3.58. The zero-order valence-electron chi connectivity index (χ0n) is 8.81. The summed E-state index contributed by atoms with van der Waals surface area (Å²) in [6.45, 7) is 0.545. The van der Waals surface area contributed by atoms with Crippen molar-refractivity contribution < 1.29 is 0 Å².